The fourth-order valence-corrected chi connectivity index (χ4v) is 2.94. The van der Waals surface area contributed by atoms with E-state index < -0.39 is 5.54 Å². The van der Waals surface area contributed by atoms with Gasteiger partial charge in [-0.3, -0.25) is 4.79 Å². The number of piperidine rings is 1. The molecule has 4 nitrogen and oxygen atoms in total. The molecule has 2 aliphatic rings. The number of nitrogens with one attached hydrogen (secondary N) is 1. The normalized spacial score (nSPS) is 41.2. The largest absolute Gasteiger partial charge is 0.368 e. The third-order valence-corrected chi connectivity index (χ3v) is 3.72. The molecule has 0 saturated carbocycles. The van der Waals surface area contributed by atoms with Crippen LogP contribution in [0.25, 0.3) is 0 Å². The number of carbonyl (C=O) groups is 1. The van der Waals surface area contributed by atoms with Gasteiger partial charge in [-0.1, -0.05) is 6.92 Å². The summed E-state index contributed by atoms with van der Waals surface area (Å²) in [5, 5.41) is 3.32. The third kappa shape index (κ3) is 1.33. The number of primary amides is 1. The lowest BCUT2D eigenvalue weighted by Gasteiger charge is -2.41. The van der Waals surface area contributed by atoms with Crippen molar-refractivity contribution in [1.29, 1.82) is 0 Å². The highest BCUT2D eigenvalue weighted by atomic mass is 16.1. The van der Waals surface area contributed by atoms with Crippen molar-refractivity contribution in [2.24, 2.45) is 11.7 Å². The number of hydrogen-bond acceptors (Lipinski definition) is 3. The number of nitrogens with zero attached hydrogens (tertiary/aromatic N) is 1. The summed E-state index contributed by atoms with van der Waals surface area (Å²) in [6, 6.07) is 0. The molecule has 0 spiro atoms. The van der Waals surface area contributed by atoms with Gasteiger partial charge in [0.25, 0.3) is 0 Å². The summed E-state index contributed by atoms with van der Waals surface area (Å²) in [6.45, 7) is 6.03. The van der Waals surface area contributed by atoms with Gasteiger partial charge in [-0.15, -0.1) is 0 Å². The molecule has 0 radical (unpaired) electrons. The Morgan fingerprint density at radius 2 is 2.43 bits per heavy atom. The van der Waals surface area contributed by atoms with E-state index in [0.717, 1.165) is 39.0 Å². The van der Waals surface area contributed by atoms with Crippen molar-refractivity contribution in [1.82, 2.24) is 10.2 Å². The van der Waals surface area contributed by atoms with Gasteiger partial charge in [-0.2, -0.15) is 0 Å². The van der Waals surface area contributed by atoms with Crippen LogP contribution in [0, 0.1) is 5.92 Å². The van der Waals surface area contributed by atoms with Crippen molar-refractivity contribution < 1.29 is 4.79 Å². The molecule has 2 saturated heterocycles. The average molecular weight is 197 g/mol. The van der Waals surface area contributed by atoms with Crippen molar-refractivity contribution in [3.05, 3.63) is 0 Å². The van der Waals surface area contributed by atoms with E-state index in [-0.39, 0.29) is 5.91 Å². The van der Waals surface area contributed by atoms with Crippen LogP contribution >= 0.6 is 0 Å². The molecule has 0 aromatic carbocycles. The molecular formula is C10H19N3O. The molecule has 4 heteroatoms. The predicted molar refractivity (Wildman–Crippen MR) is 54.8 cm³/mol. The number of nitrogens with two attached hydrogens (primary N) is 1. The smallest absolute Gasteiger partial charge is 0.238 e. The van der Waals surface area contributed by atoms with Crippen molar-refractivity contribution in [2.45, 2.75) is 25.3 Å². The standard InChI is InChI=1S/C10H19N3O/c1-2-12-10(9(11)14)4-6-13-5-3-8(10)7-13/h8,12H,2-7H2,1H3,(H2,11,14). The van der Waals surface area contributed by atoms with Crippen LogP contribution in [0.15, 0.2) is 0 Å². The van der Waals surface area contributed by atoms with Crippen molar-refractivity contribution in [3.63, 3.8) is 0 Å². The molecule has 0 aliphatic carbocycles. The number of carbonyl (C=O) groups excluding carboxylic acids is 1. The first-order valence-electron chi connectivity index (χ1n) is 5.46. The number of hydrogen-bond donors (Lipinski definition) is 2. The van der Waals surface area contributed by atoms with Crippen molar-refractivity contribution in [2.75, 3.05) is 26.2 Å². The molecule has 14 heavy (non-hydrogen) atoms. The quantitative estimate of drug-likeness (QED) is 0.644. The van der Waals surface area contributed by atoms with Crippen LogP contribution < -0.4 is 11.1 Å². The number of rotatable bonds is 3. The zero-order valence-corrected chi connectivity index (χ0v) is 8.75. The average Bonchev–Trinajstić information content (AvgIpc) is 2.55. The zero-order chi connectivity index (χ0) is 10.2. The molecule has 2 bridgehead atoms. The summed E-state index contributed by atoms with van der Waals surface area (Å²) in [5.41, 5.74) is 5.14. The first kappa shape index (κ1) is 9.93. The SMILES string of the molecule is CCNC1(C(N)=O)CCN2CCC1C2. The lowest BCUT2D eigenvalue weighted by molar-refractivity contribution is -0.128. The lowest BCUT2D eigenvalue weighted by Crippen LogP contribution is -2.63. The molecule has 3 unspecified atom stereocenters. The van der Waals surface area contributed by atoms with Crippen LogP contribution in [-0.2, 0) is 4.79 Å². The Bertz CT molecular complexity index is 244. The van der Waals surface area contributed by atoms with Gasteiger partial charge in [0.2, 0.25) is 5.91 Å². The predicted octanol–water partition coefficient (Wildman–Crippen LogP) is -0.454. The summed E-state index contributed by atoms with van der Waals surface area (Å²) in [6.07, 6.45) is 1.98. The first-order valence-corrected chi connectivity index (χ1v) is 5.46. The van der Waals surface area contributed by atoms with Crippen LogP contribution in [0.5, 0.6) is 0 Å². The van der Waals surface area contributed by atoms with E-state index in [2.05, 4.69) is 10.2 Å². The van der Waals surface area contributed by atoms with E-state index in [1.807, 2.05) is 6.92 Å². The van der Waals surface area contributed by atoms with Crippen LogP contribution in [0.1, 0.15) is 19.8 Å². The van der Waals surface area contributed by atoms with E-state index in [1.165, 1.54) is 0 Å². The maximum atomic E-state index is 11.6. The topological polar surface area (TPSA) is 58.4 Å². The minimum atomic E-state index is -0.415. The molecule has 0 aromatic heterocycles. The molecule has 3 N–H and O–H groups in total. The second-order valence-electron chi connectivity index (χ2n) is 4.40. The molecule has 1 amide bonds. The van der Waals surface area contributed by atoms with Gasteiger partial charge in [0.05, 0.1) is 0 Å². The van der Waals surface area contributed by atoms with Gasteiger partial charge < -0.3 is 16.0 Å². The Labute approximate surface area is 84.8 Å². The summed E-state index contributed by atoms with van der Waals surface area (Å²) in [4.78, 5) is 14.0. The molecule has 2 heterocycles. The third-order valence-electron chi connectivity index (χ3n) is 3.72. The summed E-state index contributed by atoms with van der Waals surface area (Å²) in [5.74, 6) is 0.264. The van der Waals surface area contributed by atoms with Crippen LogP contribution in [0.2, 0.25) is 0 Å². The van der Waals surface area contributed by atoms with Gasteiger partial charge in [0.1, 0.15) is 5.54 Å². The Morgan fingerprint density at radius 3 is 3.07 bits per heavy atom. The molecule has 2 rings (SSSR count). The van der Waals surface area contributed by atoms with E-state index >= 15 is 0 Å². The Balaban J connectivity index is 2.20. The van der Waals surface area contributed by atoms with Gasteiger partial charge in [-0.25, -0.2) is 0 Å². The summed E-state index contributed by atoms with van der Waals surface area (Å²) in [7, 11) is 0. The Morgan fingerprint density at radius 1 is 1.64 bits per heavy atom. The molecule has 0 aromatic rings. The van der Waals surface area contributed by atoms with Gasteiger partial charge >= 0.3 is 0 Å². The maximum absolute atomic E-state index is 11.6. The van der Waals surface area contributed by atoms with Crippen LogP contribution in [0.4, 0.5) is 0 Å². The van der Waals surface area contributed by atoms with Gasteiger partial charge in [0.15, 0.2) is 0 Å². The monoisotopic (exact) mass is 197 g/mol. The van der Waals surface area contributed by atoms with Gasteiger partial charge in [-0.05, 0) is 25.9 Å². The summed E-state index contributed by atoms with van der Waals surface area (Å²) < 4.78 is 0. The van der Waals surface area contributed by atoms with E-state index in [0.29, 0.717) is 5.92 Å². The minimum absolute atomic E-state index is 0.161. The Hall–Kier alpha value is -0.610. The highest BCUT2D eigenvalue weighted by Crippen LogP contribution is 2.35. The van der Waals surface area contributed by atoms with Crippen LogP contribution in [0.3, 0.4) is 0 Å². The number of fused-ring (bicyclic) bond motifs is 2. The fourth-order valence-electron chi connectivity index (χ4n) is 2.94. The van der Waals surface area contributed by atoms with Gasteiger partial charge in [0, 0.05) is 19.0 Å². The van der Waals surface area contributed by atoms with E-state index in [9.17, 15) is 4.79 Å². The minimum Gasteiger partial charge on any atom is -0.368 e. The number of likely N-dealkylation sites (N-methyl/N-ethyl adjacent to an activating group) is 1. The highest BCUT2D eigenvalue weighted by Gasteiger charge is 2.49. The molecule has 2 fully saturated rings. The molecular weight excluding hydrogens is 178 g/mol. The van der Waals surface area contributed by atoms with Crippen LogP contribution in [-0.4, -0.2) is 42.5 Å². The van der Waals surface area contributed by atoms with Crippen molar-refractivity contribution >= 4 is 5.91 Å². The lowest BCUT2D eigenvalue weighted by atomic mass is 9.78. The van der Waals surface area contributed by atoms with E-state index in [1.54, 1.807) is 0 Å². The molecule has 80 valence electrons. The molecule has 3 atom stereocenters. The fraction of sp³-hybridized carbons (Fsp3) is 0.900. The zero-order valence-electron chi connectivity index (χ0n) is 8.75. The summed E-state index contributed by atoms with van der Waals surface area (Å²) >= 11 is 0. The Kier molecular flexibility index (Phi) is 2.49. The second-order valence-corrected chi connectivity index (χ2v) is 4.40. The maximum Gasteiger partial charge on any atom is 0.238 e. The molecule has 2 aliphatic heterocycles. The highest BCUT2D eigenvalue weighted by molar-refractivity contribution is 5.85. The second kappa shape index (κ2) is 3.51. The number of amides is 1. The van der Waals surface area contributed by atoms with E-state index in [4.69, 9.17) is 5.73 Å². The van der Waals surface area contributed by atoms with Crippen molar-refractivity contribution in [3.8, 4) is 0 Å². The first-order chi connectivity index (χ1) is 6.69.